The minimum atomic E-state index is -0.357. The van der Waals surface area contributed by atoms with Crippen LogP contribution in [0.3, 0.4) is 0 Å². The molecule has 2 fully saturated rings. The van der Waals surface area contributed by atoms with Gasteiger partial charge in [-0.05, 0) is 146 Å². The monoisotopic (exact) mass is 1010 g/mol. The van der Waals surface area contributed by atoms with Crippen LogP contribution in [0, 0.1) is 23.7 Å². The van der Waals surface area contributed by atoms with E-state index in [0.717, 1.165) is 22.3 Å². The van der Waals surface area contributed by atoms with Crippen molar-refractivity contribution < 1.29 is 69.5 Å². The predicted molar refractivity (Wildman–Crippen MR) is 276 cm³/mol. The van der Waals surface area contributed by atoms with Crippen LogP contribution in [0.2, 0.25) is 0 Å². The van der Waals surface area contributed by atoms with Gasteiger partial charge in [-0.3, -0.25) is 28.8 Å². The van der Waals surface area contributed by atoms with E-state index in [2.05, 4.69) is 0 Å². The van der Waals surface area contributed by atoms with Crippen molar-refractivity contribution in [3.05, 3.63) is 180 Å². The zero-order chi connectivity index (χ0) is 52.1. The number of ether oxygens (including phenoxy) is 8. The number of carbonyl (C=O) groups is 6. The van der Waals surface area contributed by atoms with Crippen LogP contribution in [0.15, 0.2) is 158 Å². The fourth-order valence-electron chi connectivity index (χ4n) is 8.29. The van der Waals surface area contributed by atoms with E-state index < -0.39 is 0 Å². The molecule has 0 aromatic heterocycles. The van der Waals surface area contributed by atoms with Gasteiger partial charge in [0, 0.05) is 16.7 Å². The molecule has 0 bridgehead atoms. The van der Waals surface area contributed by atoms with Crippen molar-refractivity contribution in [1.82, 2.24) is 0 Å². The maximum absolute atomic E-state index is 12.7. The van der Waals surface area contributed by atoms with E-state index in [-0.39, 0.29) is 75.6 Å². The highest BCUT2D eigenvalue weighted by atomic mass is 16.6. The van der Waals surface area contributed by atoms with Crippen molar-refractivity contribution in [3.8, 4) is 34.5 Å². The number of esters is 6. The molecule has 0 heterocycles. The van der Waals surface area contributed by atoms with Crippen LogP contribution >= 0.6 is 0 Å². The second kappa shape index (κ2) is 27.5. The fraction of sp³-hybridized carbons (Fsp3) is 0.300. The molecule has 2 saturated carbocycles. The molecule has 0 radical (unpaired) electrons. The van der Waals surface area contributed by atoms with E-state index in [1.807, 2.05) is 60.7 Å². The van der Waals surface area contributed by atoms with Gasteiger partial charge in [-0.1, -0.05) is 84.9 Å². The first-order valence-corrected chi connectivity index (χ1v) is 24.8. The smallest absolute Gasteiger partial charge is 0.314 e. The number of benzene rings is 6. The quantitative estimate of drug-likeness (QED) is 0.0587. The van der Waals surface area contributed by atoms with Crippen LogP contribution < -0.4 is 28.4 Å². The molecule has 0 atom stereocenters. The third-order valence-electron chi connectivity index (χ3n) is 12.5. The lowest BCUT2D eigenvalue weighted by atomic mass is 9.82. The average Bonchev–Trinajstić information content (AvgIpc) is 3.43. The number of carbonyl (C=O) groups excluding carboxylic acids is 6. The van der Waals surface area contributed by atoms with Gasteiger partial charge in [0.1, 0.15) is 60.9 Å². The van der Waals surface area contributed by atoms with Crippen molar-refractivity contribution >= 4 is 35.8 Å². The minimum Gasteiger partial charge on any atom is -0.489 e. The van der Waals surface area contributed by atoms with Crippen molar-refractivity contribution in [1.29, 1.82) is 0 Å². The molecule has 74 heavy (non-hydrogen) atoms. The molecule has 6 aromatic rings. The Morgan fingerprint density at radius 1 is 0.324 bits per heavy atom. The first kappa shape index (κ1) is 53.5. The summed E-state index contributed by atoms with van der Waals surface area (Å²) in [6.07, 6.45) is 4.53. The van der Waals surface area contributed by atoms with Gasteiger partial charge in [-0.2, -0.15) is 0 Å². The Labute approximate surface area is 433 Å². The van der Waals surface area contributed by atoms with Crippen LogP contribution in [0.5, 0.6) is 34.5 Å². The maximum atomic E-state index is 12.7. The SMILES string of the molecule is CC(=O)OCc1ccc(OC(=O)C2CCC(C(=O)Oc3ccc(COC(C)=O)cc3)CC2)cc1.O=C(Oc1ccc(OCc2ccccc2)cc1)C1CCC(C(=O)Oc2ccc(OCc3ccccc3)cc2)CC1.[HH].[HH]. The molecule has 0 amide bonds. The summed E-state index contributed by atoms with van der Waals surface area (Å²) in [5.41, 5.74) is 3.76. The molecule has 2 aliphatic carbocycles. The Morgan fingerprint density at radius 2 is 0.554 bits per heavy atom. The van der Waals surface area contributed by atoms with Crippen molar-refractivity contribution in [2.75, 3.05) is 0 Å². The van der Waals surface area contributed by atoms with E-state index in [1.165, 1.54) is 13.8 Å². The van der Waals surface area contributed by atoms with Gasteiger partial charge in [0.25, 0.3) is 0 Å². The summed E-state index contributed by atoms with van der Waals surface area (Å²) in [6.45, 7) is 3.97. The van der Waals surface area contributed by atoms with Crippen molar-refractivity contribution in [2.24, 2.45) is 23.7 Å². The maximum Gasteiger partial charge on any atom is 0.314 e. The van der Waals surface area contributed by atoms with E-state index in [0.29, 0.717) is 99.1 Å². The van der Waals surface area contributed by atoms with Gasteiger partial charge >= 0.3 is 35.8 Å². The largest absolute Gasteiger partial charge is 0.489 e. The van der Waals surface area contributed by atoms with Crippen LogP contribution in [-0.2, 0) is 64.7 Å². The topological polar surface area (TPSA) is 176 Å². The zero-order valence-corrected chi connectivity index (χ0v) is 41.5. The molecule has 0 aliphatic heterocycles. The van der Waals surface area contributed by atoms with E-state index >= 15 is 0 Å². The number of hydrogen-bond donors (Lipinski definition) is 0. The van der Waals surface area contributed by atoms with E-state index in [4.69, 9.17) is 37.9 Å². The lowest BCUT2D eigenvalue weighted by Gasteiger charge is -2.25. The molecule has 0 spiro atoms. The van der Waals surface area contributed by atoms with Gasteiger partial charge < -0.3 is 37.9 Å². The van der Waals surface area contributed by atoms with Crippen LogP contribution in [0.4, 0.5) is 0 Å². The molecule has 2 aliphatic rings. The standard InChI is InChI=1S/C34H32O6.C26H28O8.2H2/c35-33(39-31-19-15-29(16-20-31)37-23-25-7-3-1-4-8-25)27-11-13-28(14-12-27)34(36)40-32-21-17-30(18-22-32)38-24-26-9-5-2-6-10-26;1-17(27)31-15-19-3-11-23(12-4-19)33-25(29)21-7-9-22(10-8-21)26(30)34-24-13-5-20(6-14-24)16-32-18(2)28;;/h1-10,15-22,27-28H,11-14,23-24H2;3-6,11-14,21-22H,7-10,15-16H2,1-2H3;2*1H. The molecule has 14 heteroatoms. The van der Waals surface area contributed by atoms with Crippen molar-refractivity contribution in [2.45, 2.75) is 91.6 Å². The Kier molecular flexibility index (Phi) is 19.9. The molecule has 14 nitrogen and oxygen atoms in total. The van der Waals surface area contributed by atoms with E-state index in [1.54, 1.807) is 97.1 Å². The molecule has 8 rings (SSSR count). The second-order valence-corrected chi connectivity index (χ2v) is 18.1. The summed E-state index contributed by atoms with van der Waals surface area (Å²) < 4.78 is 43.6. The summed E-state index contributed by atoms with van der Waals surface area (Å²) in [7, 11) is 0. The highest BCUT2D eigenvalue weighted by Crippen LogP contribution is 2.34. The van der Waals surface area contributed by atoms with Gasteiger partial charge in [0.2, 0.25) is 0 Å². The molecule has 0 saturated heterocycles. The summed E-state index contributed by atoms with van der Waals surface area (Å²) in [5.74, 6) is 0.323. The third-order valence-corrected chi connectivity index (χ3v) is 12.5. The summed E-state index contributed by atoms with van der Waals surface area (Å²) >= 11 is 0. The first-order chi connectivity index (χ1) is 35.9. The highest BCUT2D eigenvalue weighted by Gasteiger charge is 2.33. The molecular weight excluding hydrogens is 945 g/mol. The first-order valence-electron chi connectivity index (χ1n) is 24.8. The highest BCUT2D eigenvalue weighted by molar-refractivity contribution is 5.79. The zero-order valence-electron chi connectivity index (χ0n) is 41.5. The molecule has 388 valence electrons. The number of rotatable bonds is 18. The fourth-order valence-corrected chi connectivity index (χ4v) is 8.29. The minimum absolute atomic E-state index is 0. The van der Waals surface area contributed by atoms with Crippen LogP contribution in [0.25, 0.3) is 0 Å². The Hall–Kier alpha value is -8.26. The van der Waals surface area contributed by atoms with Gasteiger partial charge in [-0.25, -0.2) is 0 Å². The Morgan fingerprint density at radius 3 is 0.811 bits per heavy atom. The Bertz CT molecular complexity index is 2560. The molecular formula is C60H64O14. The third kappa shape index (κ3) is 17.5. The van der Waals surface area contributed by atoms with Crippen molar-refractivity contribution in [3.63, 3.8) is 0 Å². The molecule has 6 aromatic carbocycles. The average molecular weight is 1010 g/mol. The Balaban J connectivity index is 0.000000277. The van der Waals surface area contributed by atoms with E-state index in [9.17, 15) is 28.8 Å². The molecule has 0 unspecified atom stereocenters. The lowest BCUT2D eigenvalue weighted by molar-refractivity contribution is -0.145. The van der Waals surface area contributed by atoms with Gasteiger partial charge in [-0.15, -0.1) is 0 Å². The lowest BCUT2D eigenvalue weighted by Crippen LogP contribution is -2.30. The molecule has 0 N–H and O–H groups in total. The normalized spacial score (nSPS) is 16.9. The van der Waals surface area contributed by atoms with Gasteiger partial charge in [0.05, 0.1) is 23.7 Å². The number of hydrogen-bond acceptors (Lipinski definition) is 14. The second-order valence-electron chi connectivity index (χ2n) is 18.1. The summed E-state index contributed by atoms with van der Waals surface area (Å²) in [4.78, 5) is 72.3. The summed E-state index contributed by atoms with van der Waals surface area (Å²) in [5, 5.41) is 0. The van der Waals surface area contributed by atoms with Crippen LogP contribution in [0.1, 0.15) is 90.3 Å². The predicted octanol–water partition coefficient (Wildman–Crippen LogP) is 11.8. The van der Waals surface area contributed by atoms with Gasteiger partial charge in [0.15, 0.2) is 0 Å². The summed E-state index contributed by atoms with van der Waals surface area (Å²) in [6, 6.07) is 47.6. The van der Waals surface area contributed by atoms with Crippen LogP contribution in [-0.4, -0.2) is 35.8 Å².